The van der Waals surface area contributed by atoms with Crippen molar-refractivity contribution in [3.8, 4) is 0 Å². The summed E-state index contributed by atoms with van der Waals surface area (Å²) in [6, 6.07) is 6.10. The first-order chi connectivity index (χ1) is 9.61. The minimum absolute atomic E-state index is 0.134. The average Bonchev–Trinajstić information content (AvgIpc) is 2.48. The Labute approximate surface area is 116 Å². The molecule has 108 valence electrons. The van der Waals surface area contributed by atoms with Crippen LogP contribution in [0.5, 0.6) is 0 Å². The second-order valence-corrected chi connectivity index (χ2v) is 4.52. The quantitative estimate of drug-likeness (QED) is 0.714. The highest BCUT2D eigenvalue weighted by Crippen LogP contribution is 2.13. The van der Waals surface area contributed by atoms with Gasteiger partial charge in [-0.3, -0.25) is 4.79 Å². The van der Waals surface area contributed by atoms with Gasteiger partial charge in [-0.05, 0) is 17.7 Å². The van der Waals surface area contributed by atoms with Gasteiger partial charge >= 0.3 is 6.03 Å². The maximum absolute atomic E-state index is 12.2. The maximum atomic E-state index is 12.2. The fraction of sp³-hybridized carbons (Fsp3) is 0.385. The molecule has 1 unspecified atom stereocenters. The number of benzene rings is 1. The molecule has 0 bridgehead atoms. The Morgan fingerprint density at radius 3 is 2.65 bits per heavy atom. The van der Waals surface area contributed by atoms with Gasteiger partial charge in [0.2, 0.25) is 5.91 Å². The lowest BCUT2D eigenvalue weighted by atomic mass is 10.2. The highest BCUT2D eigenvalue weighted by molar-refractivity contribution is 5.93. The zero-order chi connectivity index (χ0) is 14.5. The number of anilines is 1. The molecule has 7 nitrogen and oxygen atoms in total. The predicted octanol–water partition coefficient (Wildman–Crippen LogP) is -0.137. The molecule has 7 heteroatoms. The van der Waals surface area contributed by atoms with Crippen LogP contribution in [0.3, 0.4) is 0 Å². The van der Waals surface area contributed by atoms with E-state index in [0.29, 0.717) is 25.4 Å². The molecule has 3 amide bonds. The van der Waals surface area contributed by atoms with E-state index in [0.717, 1.165) is 5.56 Å². The Hall–Kier alpha value is -2.12. The molecule has 1 aromatic carbocycles. The molecule has 0 saturated carbocycles. The van der Waals surface area contributed by atoms with Crippen molar-refractivity contribution in [3.05, 3.63) is 29.8 Å². The fourth-order valence-electron chi connectivity index (χ4n) is 2.00. The molecule has 1 saturated heterocycles. The monoisotopic (exact) mass is 278 g/mol. The van der Waals surface area contributed by atoms with Crippen LogP contribution in [0.15, 0.2) is 24.3 Å². The summed E-state index contributed by atoms with van der Waals surface area (Å²) in [5.41, 5.74) is 12.4. The Morgan fingerprint density at radius 1 is 1.35 bits per heavy atom. The highest BCUT2D eigenvalue weighted by Gasteiger charge is 2.31. The number of nitrogens with one attached hydrogen (secondary N) is 1. The number of urea groups is 1. The number of hydrogen-bond donors (Lipinski definition) is 3. The first-order valence-corrected chi connectivity index (χ1v) is 6.35. The SMILES string of the molecule is NCc1ccc(NC(=O)N2CCOCC2C(N)=O)cc1. The third kappa shape index (κ3) is 3.25. The zero-order valence-electron chi connectivity index (χ0n) is 11.0. The van der Waals surface area contributed by atoms with Gasteiger partial charge in [-0.2, -0.15) is 0 Å². The molecule has 1 aromatic rings. The summed E-state index contributed by atoms with van der Waals surface area (Å²) in [6.07, 6.45) is 0. The Kier molecular flexibility index (Phi) is 4.54. The molecule has 5 N–H and O–H groups in total. The summed E-state index contributed by atoms with van der Waals surface area (Å²) in [7, 11) is 0. The molecule has 0 radical (unpaired) electrons. The Morgan fingerprint density at radius 2 is 2.05 bits per heavy atom. The van der Waals surface area contributed by atoms with E-state index in [2.05, 4.69) is 5.32 Å². The van der Waals surface area contributed by atoms with Crippen molar-refractivity contribution in [2.45, 2.75) is 12.6 Å². The molecule has 2 rings (SSSR count). The van der Waals surface area contributed by atoms with E-state index >= 15 is 0 Å². The molecule has 1 atom stereocenters. The predicted molar refractivity (Wildman–Crippen MR) is 73.9 cm³/mol. The topological polar surface area (TPSA) is 111 Å². The standard InChI is InChI=1S/C13H18N4O3/c14-7-9-1-3-10(4-2-9)16-13(19)17-5-6-20-8-11(17)12(15)18/h1-4,11H,5-8,14H2,(H2,15,18)(H,16,19). The molecule has 0 aromatic heterocycles. The fourth-order valence-corrected chi connectivity index (χ4v) is 2.00. The second-order valence-electron chi connectivity index (χ2n) is 4.52. The number of carbonyl (C=O) groups is 2. The van der Waals surface area contributed by atoms with Crippen molar-refractivity contribution in [2.24, 2.45) is 11.5 Å². The van der Waals surface area contributed by atoms with Gasteiger partial charge in [0.25, 0.3) is 0 Å². The van der Waals surface area contributed by atoms with E-state index in [1.54, 1.807) is 12.1 Å². The lowest BCUT2D eigenvalue weighted by Gasteiger charge is -2.33. The normalized spacial score (nSPS) is 18.6. The lowest BCUT2D eigenvalue weighted by Crippen LogP contribution is -2.55. The first-order valence-electron chi connectivity index (χ1n) is 6.35. The Balaban J connectivity index is 2.03. The van der Waals surface area contributed by atoms with Crippen molar-refractivity contribution in [2.75, 3.05) is 25.1 Å². The van der Waals surface area contributed by atoms with Crippen LogP contribution in [0, 0.1) is 0 Å². The van der Waals surface area contributed by atoms with E-state index in [-0.39, 0.29) is 12.6 Å². The maximum Gasteiger partial charge on any atom is 0.322 e. The van der Waals surface area contributed by atoms with Crippen molar-refractivity contribution in [1.82, 2.24) is 4.90 Å². The summed E-state index contributed by atoms with van der Waals surface area (Å²) in [5.74, 6) is -0.571. The number of rotatable bonds is 3. The zero-order valence-corrected chi connectivity index (χ0v) is 11.0. The number of morpholine rings is 1. The third-order valence-electron chi connectivity index (χ3n) is 3.16. The molecule has 1 aliphatic heterocycles. The van der Waals surface area contributed by atoms with Gasteiger partial charge in [-0.15, -0.1) is 0 Å². The summed E-state index contributed by atoms with van der Waals surface area (Å²) in [4.78, 5) is 24.9. The highest BCUT2D eigenvalue weighted by atomic mass is 16.5. The molecule has 20 heavy (non-hydrogen) atoms. The molecule has 1 fully saturated rings. The van der Waals surface area contributed by atoms with Crippen LogP contribution in [0.25, 0.3) is 0 Å². The summed E-state index contributed by atoms with van der Waals surface area (Å²) in [5, 5.41) is 2.73. The molecule has 1 heterocycles. The van der Waals surface area contributed by atoms with Gasteiger partial charge in [-0.25, -0.2) is 4.79 Å². The van der Waals surface area contributed by atoms with E-state index in [4.69, 9.17) is 16.2 Å². The minimum Gasteiger partial charge on any atom is -0.377 e. The number of ether oxygens (including phenoxy) is 1. The summed E-state index contributed by atoms with van der Waals surface area (Å²) >= 11 is 0. The van der Waals surface area contributed by atoms with Crippen LogP contribution in [0.2, 0.25) is 0 Å². The van der Waals surface area contributed by atoms with E-state index < -0.39 is 11.9 Å². The van der Waals surface area contributed by atoms with Crippen molar-refractivity contribution >= 4 is 17.6 Å². The number of carbonyl (C=O) groups excluding carboxylic acids is 2. The van der Waals surface area contributed by atoms with E-state index in [1.165, 1.54) is 4.90 Å². The first kappa shape index (κ1) is 14.3. The number of nitrogens with two attached hydrogens (primary N) is 2. The van der Waals surface area contributed by atoms with E-state index in [1.807, 2.05) is 12.1 Å². The van der Waals surface area contributed by atoms with E-state index in [9.17, 15) is 9.59 Å². The molecule has 1 aliphatic rings. The molecule has 0 spiro atoms. The second kappa shape index (κ2) is 6.36. The number of nitrogens with zero attached hydrogens (tertiary/aromatic N) is 1. The van der Waals surface area contributed by atoms with Gasteiger partial charge < -0.3 is 26.4 Å². The largest absolute Gasteiger partial charge is 0.377 e. The smallest absolute Gasteiger partial charge is 0.322 e. The van der Waals surface area contributed by atoms with Gasteiger partial charge in [0, 0.05) is 18.8 Å². The minimum atomic E-state index is -0.730. The average molecular weight is 278 g/mol. The lowest BCUT2D eigenvalue weighted by molar-refractivity contribution is -0.126. The van der Waals surface area contributed by atoms with Gasteiger partial charge in [0.05, 0.1) is 13.2 Å². The van der Waals surface area contributed by atoms with Crippen LogP contribution in [0.4, 0.5) is 10.5 Å². The number of primary amides is 1. The van der Waals surface area contributed by atoms with Crippen LogP contribution >= 0.6 is 0 Å². The van der Waals surface area contributed by atoms with Crippen molar-refractivity contribution in [3.63, 3.8) is 0 Å². The van der Waals surface area contributed by atoms with Gasteiger partial charge in [-0.1, -0.05) is 12.1 Å². The van der Waals surface area contributed by atoms with Crippen molar-refractivity contribution < 1.29 is 14.3 Å². The summed E-state index contributed by atoms with van der Waals surface area (Å²) < 4.78 is 5.17. The van der Waals surface area contributed by atoms with Crippen molar-refractivity contribution in [1.29, 1.82) is 0 Å². The third-order valence-corrected chi connectivity index (χ3v) is 3.16. The number of hydrogen-bond acceptors (Lipinski definition) is 4. The Bertz CT molecular complexity index is 489. The van der Waals surface area contributed by atoms with Crippen LogP contribution < -0.4 is 16.8 Å². The molecular weight excluding hydrogens is 260 g/mol. The molecule has 0 aliphatic carbocycles. The molecular formula is C13H18N4O3. The van der Waals surface area contributed by atoms with Gasteiger partial charge in [0.1, 0.15) is 6.04 Å². The summed E-state index contributed by atoms with van der Waals surface area (Å²) in [6.45, 7) is 1.31. The van der Waals surface area contributed by atoms with Crippen LogP contribution in [-0.2, 0) is 16.1 Å². The van der Waals surface area contributed by atoms with Gasteiger partial charge in [0.15, 0.2) is 0 Å². The van der Waals surface area contributed by atoms with Crippen LogP contribution in [-0.4, -0.2) is 42.6 Å². The van der Waals surface area contributed by atoms with Crippen LogP contribution in [0.1, 0.15) is 5.56 Å². The number of amides is 3.